The van der Waals surface area contributed by atoms with Crippen LogP contribution in [0.2, 0.25) is 0 Å². The van der Waals surface area contributed by atoms with Gasteiger partial charge in [0.1, 0.15) is 6.10 Å². The van der Waals surface area contributed by atoms with Crippen molar-refractivity contribution in [3.8, 4) is 23.1 Å². The van der Waals surface area contributed by atoms with Gasteiger partial charge in [0.2, 0.25) is 5.88 Å². The summed E-state index contributed by atoms with van der Waals surface area (Å²) in [4.78, 5) is 31.1. The normalized spacial score (nSPS) is 24.5. The SMILES string of the molecule is C[C@H](Oc1cc(-n2nc(C(F)(F)F)c3c2[C@H](N(C)C(=O)OC(=O)C24CC(C2)C4)CCC3)ccn1)c1ccc2c(c1)OC(F)(F)O2. The van der Waals surface area contributed by atoms with Crippen molar-refractivity contribution in [3.05, 3.63) is 59.0 Å². The lowest BCUT2D eigenvalue weighted by atomic mass is 9.44. The Balaban J connectivity index is 1.17. The van der Waals surface area contributed by atoms with Crippen molar-refractivity contribution in [1.82, 2.24) is 19.7 Å². The molecular weight excluding hydrogens is 607 g/mol. The zero-order chi connectivity index (χ0) is 31.9. The van der Waals surface area contributed by atoms with E-state index in [4.69, 9.17) is 9.47 Å². The Bertz CT molecular complexity index is 1690. The number of hydrogen-bond acceptors (Lipinski definition) is 8. The van der Waals surface area contributed by atoms with Gasteiger partial charge in [-0.2, -0.15) is 18.3 Å². The van der Waals surface area contributed by atoms with Gasteiger partial charge in [0.05, 0.1) is 22.8 Å². The fourth-order valence-electron chi connectivity index (χ4n) is 6.64. The summed E-state index contributed by atoms with van der Waals surface area (Å²) in [5.41, 5.74) is -0.949. The van der Waals surface area contributed by atoms with Gasteiger partial charge < -0.3 is 23.8 Å². The number of fused-ring (bicyclic) bond motifs is 2. The Hall–Kier alpha value is -4.43. The number of carbonyl (C=O) groups is 2. The van der Waals surface area contributed by atoms with Crippen molar-refractivity contribution in [3.63, 3.8) is 0 Å². The second-order valence-electron chi connectivity index (χ2n) is 12.0. The number of carbonyl (C=O) groups excluding carboxylic acids is 2. The summed E-state index contributed by atoms with van der Waals surface area (Å²) in [6.45, 7) is 1.63. The second-order valence-corrected chi connectivity index (χ2v) is 12.0. The lowest BCUT2D eigenvalue weighted by molar-refractivity contribution is -0.286. The topological polar surface area (TPSA) is 105 Å². The van der Waals surface area contributed by atoms with Crippen LogP contribution in [-0.4, -0.2) is 45.1 Å². The quantitative estimate of drug-likeness (QED) is 0.172. The number of pyridine rings is 1. The van der Waals surface area contributed by atoms with Crippen LogP contribution >= 0.6 is 0 Å². The van der Waals surface area contributed by atoms with Crippen LogP contribution in [0.15, 0.2) is 36.5 Å². The average Bonchev–Trinajstić information content (AvgIpc) is 3.47. The predicted octanol–water partition coefficient (Wildman–Crippen LogP) is 6.52. The van der Waals surface area contributed by atoms with Crippen molar-refractivity contribution in [2.45, 2.75) is 70.1 Å². The van der Waals surface area contributed by atoms with Crippen LogP contribution in [0, 0.1) is 11.3 Å². The molecule has 0 N–H and O–H groups in total. The molecular formula is C30H27F5N4O6. The maximum Gasteiger partial charge on any atom is 0.586 e. The molecule has 2 bridgehead atoms. The van der Waals surface area contributed by atoms with E-state index in [1.54, 1.807) is 6.92 Å². The fourth-order valence-corrected chi connectivity index (χ4v) is 6.64. The Morgan fingerprint density at radius 2 is 1.84 bits per heavy atom. The molecule has 0 radical (unpaired) electrons. The molecule has 5 aliphatic rings. The number of halogens is 5. The lowest BCUT2D eigenvalue weighted by Crippen LogP contribution is -2.58. The van der Waals surface area contributed by atoms with Crippen molar-refractivity contribution in [2.24, 2.45) is 11.3 Å². The lowest BCUT2D eigenvalue weighted by Gasteiger charge is -2.58. The van der Waals surface area contributed by atoms with Gasteiger partial charge in [0.15, 0.2) is 17.2 Å². The summed E-state index contributed by atoms with van der Waals surface area (Å²) in [5, 5.41) is 3.95. The standard InChI is InChI=1S/C30H27F5N4O6/c1-15(17-6-7-21-22(10-17)45-30(34,35)44-21)42-23-11-18(8-9-36-23)39-24-19(25(37-39)29(31,32)33)4-3-5-20(24)38(2)27(41)43-26(40)28-12-16(13-28)14-28/h6-11,15-16,20H,3-5,12-14H2,1-2H3/t15-,16?,20+,28?/m0/s1. The third kappa shape index (κ3) is 5.01. The van der Waals surface area contributed by atoms with E-state index in [9.17, 15) is 31.5 Å². The average molecular weight is 635 g/mol. The minimum atomic E-state index is -4.77. The first-order valence-electron chi connectivity index (χ1n) is 14.4. The van der Waals surface area contributed by atoms with E-state index in [1.807, 2.05) is 0 Å². The number of hydrogen-bond donors (Lipinski definition) is 0. The number of benzene rings is 1. The Labute approximate surface area is 253 Å². The van der Waals surface area contributed by atoms with E-state index in [-0.39, 0.29) is 40.7 Å². The third-order valence-electron chi connectivity index (χ3n) is 9.07. The molecule has 4 aliphatic carbocycles. The molecule has 3 aromatic rings. The van der Waals surface area contributed by atoms with E-state index in [2.05, 4.69) is 19.6 Å². The molecule has 15 heteroatoms. The number of ether oxygens (including phenoxy) is 4. The molecule has 3 fully saturated rings. The van der Waals surface area contributed by atoms with Gasteiger partial charge in [0, 0.05) is 24.9 Å². The summed E-state index contributed by atoms with van der Waals surface area (Å²) in [6.07, 6.45) is -6.07. The summed E-state index contributed by atoms with van der Waals surface area (Å²) >= 11 is 0. The fraction of sp³-hybridized carbons (Fsp3) is 0.467. The van der Waals surface area contributed by atoms with E-state index in [0.717, 1.165) is 9.58 Å². The maximum atomic E-state index is 14.2. The van der Waals surface area contributed by atoms with Crippen LogP contribution < -0.4 is 14.2 Å². The number of esters is 1. The van der Waals surface area contributed by atoms with Gasteiger partial charge in [-0.3, -0.25) is 4.79 Å². The van der Waals surface area contributed by atoms with Crippen LogP contribution in [0.1, 0.15) is 73.7 Å². The summed E-state index contributed by atoms with van der Waals surface area (Å²) < 4.78 is 90.7. The minimum absolute atomic E-state index is 0.0186. The van der Waals surface area contributed by atoms with E-state index in [0.29, 0.717) is 43.6 Å². The van der Waals surface area contributed by atoms with E-state index < -0.39 is 47.8 Å². The smallest absolute Gasteiger partial charge is 0.470 e. The summed E-state index contributed by atoms with van der Waals surface area (Å²) in [6, 6.07) is 6.13. The highest BCUT2D eigenvalue weighted by Crippen LogP contribution is 2.65. The van der Waals surface area contributed by atoms with Crippen molar-refractivity contribution >= 4 is 12.1 Å². The molecule has 2 atom stereocenters. The van der Waals surface area contributed by atoms with Gasteiger partial charge in [0.25, 0.3) is 0 Å². The van der Waals surface area contributed by atoms with Crippen LogP contribution in [-0.2, 0) is 22.1 Å². The molecule has 238 valence electrons. The number of amides is 1. The van der Waals surface area contributed by atoms with Gasteiger partial charge in [-0.05, 0) is 75.1 Å². The molecule has 1 amide bonds. The van der Waals surface area contributed by atoms with Crippen LogP contribution in [0.3, 0.4) is 0 Å². The second kappa shape index (κ2) is 10.0. The molecule has 3 heterocycles. The molecule has 8 rings (SSSR count). The molecule has 45 heavy (non-hydrogen) atoms. The summed E-state index contributed by atoms with van der Waals surface area (Å²) in [7, 11) is 1.39. The first-order valence-corrected chi connectivity index (χ1v) is 14.4. The van der Waals surface area contributed by atoms with E-state index in [1.165, 1.54) is 43.6 Å². The van der Waals surface area contributed by atoms with Crippen LogP contribution in [0.25, 0.3) is 5.69 Å². The monoisotopic (exact) mass is 634 g/mol. The largest absolute Gasteiger partial charge is 0.586 e. The molecule has 1 aliphatic heterocycles. The van der Waals surface area contributed by atoms with Crippen LogP contribution in [0.4, 0.5) is 26.7 Å². The first-order chi connectivity index (χ1) is 21.2. The maximum absolute atomic E-state index is 14.2. The first kappa shape index (κ1) is 29.3. The number of alkyl halides is 5. The highest BCUT2D eigenvalue weighted by molar-refractivity contribution is 5.90. The molecule has 1 aromatic carbocycles. The number of aromatic nitrogens is 3. The highest BCUT2D eigenvalue weighted by atomic mass is 19.4. The van der Waals surface area contributed by atoms with Gasteiger partial charge in [-0.25, -0.2) is 14.5 Å². The predicted molar refractivity (Wildman–Crippen MR) is 143 cm³/mol. The van der Waals surface area contributed by atoms with Crippen molar-refractivity contribution in [1.29, 1.82) is 0 Å². The molecule has 10 nitrogen and oxygen atoms in total. The van der Waals surface area contributed by atoms with Gasteiger partial charge in [-0.15, -0.1) is 8.78 Å². The molecule has 0 saturated heterocycles. The zero-order valence-corrected chi connectivity index (χ0v) is 24.1. The van der Waals surface area contributed by atoms with Crippen molar-refractivity contribution < 1.29 is 50.5 Å². The van der Waals surface area contributed by atoms with Crippen LogP contribution in [0.5, 0.6) is 17.4 Å². The summed E-state index contributed by atoms with van der Waals surface area (Å²) in [5.74, 6) is -0.387. The van der Waals surface area contributed by atoms with Gasteiger partial charge >= 0.3 is 24.5 Å². The Kier molecular flexibility index (Phi) is 6.54. The highest BCUT2D eigenvalue weighted by Gasteiger charge is 2.63. The number of nitrogens with zero attached hydrogens (tertiary/aromatic N) is 4. The Morgan fingerprint density at radius 1 is 1.11 bits per heavy atom. The molecule has 3 saturated carbocycles. The molecule has 0 unspecified atom stereocenters. The third-order valence-corrected chi connectivity index (χ3v) is 9.07. The zero-order valence-electron chi connectivity index (χ0n) is 24.1. The Morgan fingerprint density at radius 3 is 2.53 bits per heavy atom. The van der Waals surface area contributed by atoms with Crippen molar-refractivity contribution in [2.75, 3.05) is 7.05 Å². The molecule has 2 aromatic heterocycles. The minimum Gasteiger partial charge on any atom is -0.470 e. The number of rotatable bonds is 6. The van der Waals surface area contributed by atoms with Gasteiger partial charge in [-0.1, -0.05) is 6.07 Å². The molecule has 0 spiro atoms. The van der Waals surface area contributed by atoms with E-state index >= 15 is 0 Å².